The number of rotatable bonds is 6. The van der Waals surface area contributed by atoms with Crippen molar-refractivity contribution in [1.29, 1.82) is 0 Å². The standard InChI is InChI=1S/C16H26N2O/c1-2-15(17)14-8-4-5-9-16(14)19-13-12-18-10-6-3-7-11-18/h4-5,8-9,15H,2-3,6-7,10-13,17H2,1H3/t15-/m0/s1. The van der Waals surface area contributed by atoms with E-state index in [2.05, 4.69) is 17.9 Å². The molecule has 0 aromatic heterocycles. The van der Waals surface area contributed by atoms with Crippen LogP contribution < -0.4 is 10.5 Å². The van der Waals surface area contributed by atoms with E-state index in [1.54, 1.807) is 0 Å². The zero-order valence-corrected chi connectivity index (χ0v) is 12.0. The Bertz CT molecular complexity index is 375. The Labute approximate surface area is 116 Å². The third-order valence-electron chi connectivity index (χ3n) is 3.87. The van der Waals surface area contributed by atoms with Crippen molar-refractivity contribution in [1.82, 2.24) is 4.90 Å². The first-order valence-corrected chi connectivity index (χ1v) is 7.51. The molecule has 1 atom stereocenters. The molecular formula is C16H26N2O. The Hall–Kier alpha value is -1.06. The molecule has 1 aliphatic rings. The van der Waals surface area contributed by atoms with Crippen LogP contribution >= 0.6 is 0 Å². The highest BCUT2D eigenvalue weighted by Gasteiger charge is 2.12. The summed E-state index contributed by atoms with van der Waals surface area (Å²) in [7, 11) is 0. The Kier molecular flexibility index (Phi) is 5.67. The normalized spacial score (nSPS) is 18.2. The summed E-state index contributed by atoms with van der Waals surface area (Å²) in [6.45, 7) is 6.33. The van der Waals surface area contributed by atoms with Crippen LogP contribution in [0.15, 0.2) is 24.3 Å². The summed E-state index contributed by atoms with van der Waals surface area (Å²) in [5.41, 5.74) is 7.25. The molecule has 2 rings (SSSR count). The maximum Gasteiger partial charge on any atom is 0.124 e. The van der Waals surface area contributed by atoms with Gasteiger partial charge in [-0.2, -0.15) is 0 Å². The average molecular weight is 262 g/mol. The van der Waals surface area contributed by atoms with Crippen molar-refractivity contribution in [3.8, 4) is 5.75 Å². The molecule has 1 heterocycles. The first kappa shape index (κ1) is 14.4. The molecule has 0 bridgehead atoms. The van der Waals surface area contributed by atoms with Crippen LogP contribution in [0.4, 0.5) is 0 Å². The highest BCUT2D eigenvalue weighted by molar-refractivity contribution is 5.35. The molecule has 1 aliphatic heterocycles. The van der Waals surface area contributed by atoms with Gasteiger partial charge in [-0.05, 0) is 38.4 Å². The maximum absolute atomic E-state index is 6.12. The third-order valence-corrected chi connectivity index (χ3v) is 3.87. The van der Waals surface area contributed by atoms with Gasteiger partial charge in [0.1, 0.15) is 12.4 Å². The molecule has 106 valence electrons. The summed E-state index contributed by atoms with van der Waals surface area (Å²) in [6.07, 6.45) is 4.98. The summed E-state index contributed by atoms with van der Waals surface area (Å²) in [5.74, 6) is 0.953. The first-order chi connectivity index (χ1) is 9.31. The molecule has 0 radical (unpaired) electrons. The minimum atomic E-state index is 0.0752. The number of nitrogens with zero attached hydrogens (tertiary/aromatic N) is 1. The maximum atomic E-state index is 6.12. The van der Waals surface area contributed by atoms with E-state index in [1.807, 2.05) is 18.2 Å². The van der Waals surface area contributed by atoms with Crippen LogP contribution in [0.5, 0.6) is 5.75 Å². The largest absolute Gasteiger partial charge is 0.492 e. The topological polar surface area (TPSA) is 38.5 Å². The van der Waals surface area contributed by atoms with Crippen LogP contribution in [-0.2, 0) is 0 Å². The van der Waals surface area contributed by atoms with Gasteiger partial charge in [0.05, 0.1) is 0 Å². The van der Waals surface area contributed by atoms with Crippen molar-refractivity contribution >= 4 is 0 Å². The van der Waals surface area contributed by atoms with Crippen molar-refractivity contribution < 1.29 is 4.74 Å². The van der Waals surface area contributed by atoms with Crippen LogP contribution in [0.1, 0.15) is 44.2 Å². The van der Waals surface area contributed by atoms with Crippen molar-refractivity contribution in [3.05, 3.63) is 29.8 Å². The number of nitrogens with two attached hydrogens (primary N) is 1. The molecule has 0 saturated carbocycles. The molecule has 0 spiro atoms. The lowest BCUT2D eigenvalue weighted by Gasteiger charge is -2.26. The molecule has 19 heavy (non-hydrogen) atoms. The Balaban J connectivity index is 1.84. The van der Waals surface area contributed by atoms with Gasteiger partial charge >= 0.3 is 0 Å². The van der Waals surface area contributed by atoms with Crippen LogP contribution in [0.25, 0.3) is 0 Å². The number of hydrogen-bond acceptors (Lipinski definition) is 3. The van der Waals surface area contributed by atoms with Gasteiger partial charge in [-0.25, -0.2) is 0 Å². The molecule has 0 aliphatic carbocycles. The minimum absolute atomic E-state index is 0.0752. The smallest absolute Gasteiger partial charge is 0.124 e. The van der Waals surface area contributed by atoms with Crippen LogP contribution in [0.3, 0.4) is 0 Å². The summed E-state index contributed by atoms with van der Waals surface area (Å²) >= 11 is 0. The fourth-order valence-electron chi connectivity index (χ4n) is 2.61. The molecule has 1 fully saturated rings. The quantitative estimate of drug-likeness (QED) is 0.856. The zero-order chi connectivity index (χ0) is 13.5. The van der Waals surface area contributed by atoms with E-state index in [9.17, 15) is 0 Å². The number of piperidine rings is 1. The predicted molar refractivity (Wildman–Crippen MR) is 79.4 cm³/mol. The lowest BCUT2D eigenvalue weighted by molar-refractivity contribution is 0.182. The van der Waals surface area contributed by atoms with Gasteiger partial charge in [-0.1, -0.05) is 31.5 Å². The highest BCUT2D eigenvalue weighted by Crippen LogP contribution is 2.25. The second-order valence-corrected chi connectivity index (χ2v) is 5.30. The van der Waals surface area contributed by atoms with Crippen LogP contribution in [0.2, 0.25) is 0 Å². The van der Waals surface area contributed by atoms with E-state index in [0.29, 0.717) is 0 Å². The molecule has 0 unspecified atom stereocenters. The Morgan fingerprint density at radius 1 is 1.21 bits per heavy atom. The second kappa shape index (κ2) is 7.51. The lowest BCUT2D eigenvalue weighted by Crippen LogP contribution is -2.33. The summed E-state index contributed by atoms with van der Waals surface area (Å²) in [6, 6.07) is 8.22. The van der Waals surface area contributed by atoms with Gasteiger partial charge < -0.3 is 10.5 Å². The molecule has 1 aromatic rings. The Morgan fingerprint density at radius 2 is 1.95 bits per heavy atom. The molecule has 1 aromatic carbocycles. The Morgan fingerprint density at radius 3 is 2.68 bits per heavy atom. The highest BCUT2D eigenvalue weighted by atomic mass is 16.5. The van der Waals surface area contributed by atoms with Crippen molar-refractivity contribution in [3.63, 3.8) is 0 Å². The fourth-order valence-corrected chi connectivity index (χ4v) is 2.61. The average Bonchev–Trinajstić information content (AvgIpc) is 2.48. The van der Waals surface area contributed by atoms with Gasteiger partial charge in [-0.15, -0.1) is 0 Å². The zero-order valence-electron chi connectivity index (χ0n) is 12.0. The van der Waals surface area contributed by atoms with Crippen LogP contribution in [0, 0.1) is 0 Å². The fraction of sp³-hybridized carbons (Fsp3) is 0.625. The van der Waals surface area contributed by atoms with Crippen LogP contribution in [-0.4, -0.2) is 31.1 Å². The number of ether oxygens (including phenoxy) is 1. The number of para-hydroxylation sites is 1. The number of likely N-dealkylation sites (tertiary alicyclic amines) is 1. The third kappa shape index (κ3) is 4.22. The SMILES string of the molecule is CC[C@H](N)c1ccccc1OCCN1CCCCC1. The molecule has 3 nitrogen and oxygen atoms in total. The summed E-state index contributed by atoms with van der Waals surface area (Å²) in [5, 5.41) is 0. The molecule has 0 amide bonds. The number of benzene rings is 1. The molecule has 1 saturated heterocycles. The molecular weight excluding hydrogens is 236 g/mol. The molecule has 3 heteroatoms. The van der Waals surface area contributed by atoms with E-state index in [4.69, 9.17) is 10.5 Å². The first-order valence-electron chi connectivity index (χ1n) is 7.51. The summed E-state index contributed by atoms with van der Waals surface area (Å²) in [4.78, 5) is 2.49. The van der Waals surface area contributed by atoms with Crippen molar-refractivity contribution in [2.75, 3.05) is 26.2 Å². The second-order valence-electron chi connectivity index (χ2n) is 5.30. The van der Waals surface area contributed by atoms with Gasteiger partial charge in [0, 0.05) is 18.2 Å². The predicted octanol–water partition coefficient (Wildman–Crippen LogP) is 2.96. The van der Waals surface area contributed by atoms with Gasteiger partial charge in [-0.3, -0.25) is 4.90 Å². The van der Waals surface area contributed by atoms with Gasteiger partial charge in [0.15, 0.2) is 0 Å². The van der Waals surface area contributed by atoms with E-state index in [1.165, 1.54) is 32.4 Å². The van der Waals surface area contributed by atoms with Crippen molar-refractivity contribution in [2.24, 2.45) is 5.73 Å². The summed E-state index contributed by atoms with van der Waals surface area (Å²) < 4.78 is 5.94. The van der Waals surface area contributed by atoms with Crippen molar-refractivity contribution in [2.45, 2.75) is 38.6 Å². The van der Waals surface area contributed by atoms with Gasteiger partial charge in [0.2, 0.25) is 0 Å². The van der Waals surface area contributed by atoms with E-state index in [-0.39, 0.29) is 6.04 Å². The minimum Gasteiger partial charge on any atom is -0.492 e. The number of hydrogen-bond donors (Lipinski definition) is 1. The van der Waals surface area contributed by atoms with E-state index in [0.717, 1.165) is 30.9 Å². The lowest BCUT2D eigenvalue weighted by atomic mass is 10.0. The van der Waals surface area contributed by atoms with E-state index < -0.39 is 0 Å². The monoisotopic (exact) mass is 262 g/mol. The van der Waals surface area contributed by atoms with E-state index >= 15 is 0 Å². The molecule has 2 N–H and O–H groups in total. The van der Waals surface area contributed by atoms with Gasteiger partial charge in [0.25, 0.3) is 0 Å².